The normalized spacial score (nSPS) is 12.6. The highest BCUT2D eigenvalue weighted by atomic mass is 16.3. The maximum Gasteiger partial charge on any atom is 0.231 e. The SMILES string of the molecule is CCCCN(CC(N)=O)CC(O)c1cccc(N)c1. The molecule has 5 N–H and O–H groups in total. The van der Waals surface area contributed by atoms with Crippen molar-refractivity contribution >= 4 is 11.6 Å². The van der Waals surface area contributed by atoms with E-state index in [0.29, 0.717) is 12.2 Å². The molecule has 0 fully saturated rings. The molecule has 5 nitrogen and oxygen atoms in total. The van der Waals surface area contributed by atoms with Crippen molar-refractivity contribution in [2.75, 3.05) is 25.4 Å². The lowest BCUT2D eigenvalue weighted by Crippen LogP contribution is -2.37. The summed E-state index contributed by atoms with van der Waals surface area (Å²) in [6.07, 6.45) is 1.33. The molecule has 1 aromatic carbocycles. The fourth-order valence-electron chi connectivity index (χ4n) is 1.95. The molecule has 19 heavy (non-hydrogen) atoms. The summed E-state index contributed by atoms with van der Waals surface area (Å²) in [5, 5.41) is 10.2. The van der Waals surface area contributed by atoms with E-state index in [0.717, 1.165) is 24.9 Å². The van der Waals surface area contributed by atoms with Crippen LogP contribution in [0.3, 0.4) is 0 Å². The van der Waals surface area contributed by atoms with Crippen molar-refractivity contribution in [3.05, 3.63) is 29.8 Å². The largest absolute Gasteiger partial charge is 0.399 e. The van der Waals surface area contributed by atoms with Gasteiger partial charge >= 0.3 is 0 Å². The predicted octanol–water partition coefficient (Wildman–Crippen LogP) is 0.890. The quantitative estimate of drug-likeness (QED) is 0.609. The first-order valence-electron chi connectivity index (χ1n) is 6.57. The Hall–Kier alpha value is -1.59. The predicted molar refractivity (Wildman–Crippen MR) is 76.4 cm³/mol. The molecule has 0 aromatic heterocycles. The van der Waals surface area contributed by atoms with Crippen molar-refractivity contribution in [2.24, 2.45) is 5.73 Å². The van der Waals surface area contributed by atoms with Crippen molar-refractivity contribution < 1.29 is 9.90 Å². The van der Waals surface area contributed by atoms with E-state index in [4.69, 9.17) is 11.5 Å². The molecule has 0 aliphatic carbocycles. The minimum absolute atomic E-state index is 0.166. The van der Waals surface area contributed by atoms with E-state index >= 15 is 0 Å². The van der Waals surface area contributed by atoms with Gasteiger partial charge in [-0.05, 0) is 30.7 Å². The summed E-state index contributed by atoms with van der Waals surface area (Å²) in [7, 11) is 0. The van der Waals surface area contributed by atoms with Crippen molar-refractivity contribution in [3.8, 4) is 0 Å². The van der Waals surface area contributed by atoms with Gasteiger partial charge in [-0.3, -0.25) is 9.69 Å². The Morgan fingerprint density at radius 1 is 1.47 bits per heavy atom. The first-order valence-corrected chi connectivity index (χ1v) is 6.57. The molecular weight excluding hydrogens is 242 g/mol. The Labute approximate surface area is 114 Å². The molecule has 1 amide bonds. The molecule has 0 saturated carbocycles. The number of hydrogen-bond acceptors (Lipinski definition) is 4. The average Bonchev–Trinajstić information content (AvgIpc) is 2.35. The van der Waals surface area contributed by atoms with Crippen LogP contribution in [0.4, 0.5) is 5.69 Å². The molecule has 0 bridgehead atoms. The molecule has 106 valence electrons. The third-order valence-electron chi connectivity index (χ3n) is 2.93. The van der Waals surface area contributed by atoms with Crippen LogP contribution in [0.2, 0.25) is 0 Å². The first kappa shape index (κ1) is 15.5. The van der Waals surface area contributed by atoms with Crippen LogP contribution < -0.4 is 11.5 Å². The zero-order chi connectivity index (χ0) is 14.3. The van der Waals surface area contributed by atoms with Crippen LogP contribution in [-0.2, 0) is 4.79 Å². The molecule has 1 atom stereocenters. The van der Waals surface area contributed by atoms with Gasteiger partial charge in [0.15, 0.2) is 0 Å². The summed E-state index contributed by atoms with van der Waals surface area (Å²) in [4.78, 5) is 12.9. The number of anilines is 1. The zero-order valence-corrected chi connectivity index (χ0v) is 11.4. The van der Waals surface area contributed by atoms with E-state index in [1.165, 1.54) is 0 Å². The number of rotatable bonds is 8. The molecule has 1 unspecified atom stereocenters. The van der Waals surface area contributed by atoms with Crippen LogP contribution in [-0.4, -0.2) is 35.5 Å². The number of carbonyl (C=O) groups excluding carboxylic acids is 1. The van der Waals surface area contributed by atoms with Gasteiger partial charge in [0.2, 0.25) is 5.91 Å². The maximum absolute atomic E-state index is 11.0. The van der Waals surface area contributed by atoms with Gasteiger partial charge in [0, 0.05) is 12.2 Å². The van der Waals surface area contributed by atoms with Crippen LogP contribution in [0.1, 0.15) is 31.4 Å². The number of nitrogens with two attached hydrogens (primary N) is 2. The van der Waals surface area contributed by atoms with E-state index in [1.54, 1.807) is 18.2 Å². The Kier molecular flexibility index (Phi) is 6.32. The van der Waals surface area contributed by atoms with Crippen LogP contribution in [0.15, 0.2) is 24.3 Å². The number of carbonyl (C=O) groups is 1. The topological polar surface area (TPSA) is 92.6 Å². The average molecular weight is 265 g/mol. The molecule has 1 aromatic rings. The molecule has 0 spiro atoms. The van der Waals surface area contributed by atoms with Crippen LogP contribution in [0.25, 0.3) is 0 Å². The summed E-state index contributed by atoms with van der Waals surface area (Å²) in [6, 6.07) is 7.14. The smallest absolute Gasteiger partial charge is 0.231 e. The third kappa shape index (κ3) is 5.72. The number of nitrogen functional groups attached to an aromatic ring is 1. The van der Waals surface area contributed by atoms with E-state index in [-0.39, 0.29) is 12.5 Å². The summed E-state index contributed by atoms with van der Waals surface area (Å²) in [5.41, 5.74) is 12.3. The van der Waals surface area contributed by atoms with E-state index in [2.05, 4.69) is 6.92 Å². The molecule has 0 saturated heterocycles. The van der Waals surface area contributed by atoms with Gasteiger partial charge in [-0.1, -0.05) is 25.5 Å². The lowest BCUT2D eigenvalue weighted by Gasteiger charge is -2.23. The Balaban J connectivity index is 2.63. The van der Waals surface area contributed by atoms with Gasteiger partial charge in [-0.2, -0.15) is 0 Å². The van der Waals surface area contributed by atoms with Crippen LogP contribution in [0, 0.1) is 0 Å². The highest BCUT2D eigenvalue weighted by Crippen LogP contribution is 2.17. The fraction of sp³-hybridized carbons (Fsp3) is 0.500. The summed E-state index contributed by atoms with van der Waals surface area (Å²) in [6.45, 7) is 3.38. The van der Waals surface area contributed by atoms with Crippen molar-refractivity contribution in [1.82, 2.24) is 4.90 Å². The molecule has 5 heteroatoms. The highest BCUT2D eigenvalue weighted by molar-refractivity contribution is 5.75. The maximum atomic E-state index is 11.0. The molecule has 0 heterocycles. The second-order valence-corrected chi connectivity index (χ2v) is 4.74. The van der Waals surface area contributed by atoms with Gasteiger partial charge in [-0.15, -0.1) is 0 Å². The van der Waals surface area contributed by atoms with Crippen molar-refractivity contribution in [1.29, 1.82) is 0 Å². The molecule has 0 radical (unpaired) electrons. The number of amides is 1. The zero-order valence-electron chi connectivity index (χ0n) is 11.4. The number of aliphatic hydroxyl groups excluding tert-OH is 1. The lowest BCUT2D eigenvalue weighted by molar-refractivity contribution is -0.119. The summed E-state index contributed by atoms with van der Waals surface area (Å²) < 4.78 is 0. The molecule has 0 aliphatic rings. The second-order valence-electron chi connectivity index (χ2n) is 4.74. The van der Waals surface area contributed by atoms with Gasteiger partial charge in [0.1, 0.15) is 0 Å². The minimum atomic E-state index is -0.667. The van der Waals surface area contributed by atoms with Crippen LogP contribution >= 0.6 is 0 Å². The summed E-state index contributed by atoms with van der Waals surface area (Å²) >= 11 is 0. The third-order valence-corrected chi connectivity index (χ3v) is 2.93. The number of primary amides is 1. The second kappa shape index (κ2) is 7.76. The number of benzene rings is 1. The van der Waals surface area contributed by atoms with E-state index in [1.807, 2.05) is 11.0 Å². The molecule has 1 rings (SSSR count). The lowest BCUT2D eigenvalue weighted by atomic mass is 10.1. The molecular formula is C14H23N3O2. The van der Waals surface area contributed by atoms with E-state index in [9.17, 15) is 9.90 Å². The number of nitrogens with zero attached hydrogens (tertiary/aromatic N) is 1. The number of unbranched alkanes of at least 4 members (excludes halogenated alkanes) is 1. The van der Waals surface area contributed by atoms with Crippen molar-refractivity contribution in [2.45, 2.75) is 25.9 Å². The number of hydrogen-bond donors (Lipinski definition) is 3. The fourth-order valence-corrected chi connectivity index (χ4v) is 1.95. The Morgan fingerprint density at radius 3 is 2.79 bits per heavy atom. The van der Waals surface area contributed by atoms with E-state index < -0.39 is 6.10 Å². The first-order chi connectivity index (χ1) is 9.02. The monoisotopic (exact) mass is 265 g/mol. The standard InChI is InChI=1S/C14H23N3O2/c1-2-3-7-17(10-14(16)19)9-13(18)11-5-4-6-12(15)8-11/h4-6,8,13,18H,2-3,7,9-10,15H2,1H3,(H2,16,19). The van der Waals surface area contributed by atoms with Crippen molar-refractivity contribution in [3.63, 3.8) is 0 Å². The van der Waals surface area contributed by atoms with Gasteiger partial charge in [0.05, 0.1) is 12.6 Å². The summed E-state index contributed by atoms with van der Waals surface area (Å²) in [5.74, 6) is -0.379. The van der Waals surface area contributed by atoms with Gasteiger partial charge < -0.3 is 16.6 Å². The van der Waals surface area contributed by atoms with Gasteiger partial charge in [-0.25, -0.2) is 0 Å². The highest BCUT2D eigenvalue weighted by Gasteiger charge is 2.15. The Morgan fingerprint density at radius 2 is 2.21 bits per heavy atom. The Bertz CT molecular complexity index is 409. The van der Waals surface area contributed by atoms with Gasteiger partial charge in [0.25, 0.3) is 0 Å². The minimum Gasteiger partial charge on any atom is -0.399 e. The number of aliphatic hydroxyl groups is 1. The van der Waals surface area contributed by atoms with Crippen LogP contribution in [0.5, 0.6) is 0 Å². The molecule has 0 aliphatic heterocycles.